The predicted octanol–water partition coefficient (Wildman–Crippen LogP) is 3.50. The molecule has 1 aliphatic rings. The normalized spacial score (nSPS) is 16.5. The third kappa shape index (κ3) is 4.98. The summed E-state index contributed by atoms with van der Waals surface area (Å²) in [7, 11) is 0. The molecular weight excluding hydrogens is 390 g/mol. The average Bonchev–Trinajstić information content (AvgIpc) is 2.83. The Balaban J connectivity index is 1.39. The van der Waals surface area contributed by atoms with Crippen LogP contribution in [-0.2, 0) is 0 Å². The predicted molar refractivity (Wildman–Crippen MR) is 120 cm³/mol. The van der Waals surface area contributed by atoms with Crippen molar-refractivity contribution in [3.05, 3.63) is 71.8 Å². The van der Waals surface area contributed by atoms with E-state index < -0.39 is 0 Å². The second-order valence-electron chi connectivity index (χ2n) is 8.20. The van der Waals surface area contributed by atoms with Crippen molar-refractivity contribution in [2.24, 2.45) is 0 Å². The number of carbonyl (C=O) groups is 1. The number of aromatic nitrogens is 2. The molecule has 3 aromatic rings. The number of benzene rings is 2. The molecule has 162 valence electrons. The first-order valence-corrected chi connectivity index (χ1v) is 11.0. The number of nitrogens with zero attached hydrogens (tertiary/aromatic N) is 3. The maximum atomic E-state index is 12.0. The van der Waals surface area contributed by atoms with Crippen LogP contribution in [0.5, 0.6) is 0 Å². The molecule has 0 radical (unpaired) electrons. The summed E-state index contributed by atoms with van der Waals surface area (Å²) in [4.78, 5) is 23.3. The number of piperidine rings is 1. The molecule has 1 unspecified atom stereocenters. The van der Waals surface area contributed by atoms with Gasteiger partial charge in [-0.15, -0.1) is 0 Å². The number of hydrogen-bond acceptors (Lipinski definition) is 6. The van der Waals surface area contributed by atoms with E-state index in [2.05, 4.69) is 45.2 Å². The maximum Gasteiger partial charge on any atom is 0.166 e. The van der Waals surface area contributed by atoms with E-state index in [9.17, 15) is 9.90 Å². The molecule has 1 fully saturated rings. The van der Waals surface area contributed by atoms with E-state index in [1.165, 1.54) is 10.8 Å². The Morgan fingerprint density at radius 3 is 2.42 bits per heavy atom. The number of likely N-dealkylation sites (tertiary alicyclic amines) is 1. The van der Waals surface area contributed by atoms with Crippen LogP contribution in [0.1, 0.15) is 59.4 Å². The number of ketones is 1. The quantitative estimate of drug-likeness (QED) is 0.544. The Morgan fingerprint density at radius 2 is 1.74 bits per heavy atom. The van der Waals surface area contributed by atoms with Gasteiger partial charge < -0.3 is 10.2 Å². The first-order chi connectivity index (χ1) is 15.2. The molecule has 0 aliphatic carbocycles. The molecule has 6 heteroatoms. The van der Waals surface area contributed by atoms with Crippen LogP contribution in [0.3, 0.4) is 0 Å². The van der Waals surface area contributed by atoms with E-state index >= 15 is 0 Å². The summed E-state index contributed by atoms with van der Waals surface area (Å²) in [6.07, 6.45) is 5.83. The van der Waals surface area contributed by atoms with Gasteiger partial charge in [0.2, 0.25) is 0 Å². The standard InChI is InChI=1S/C25H29N3O3/c29-13-3-6-24(31)22-15-26-25(27-16-22)19-9-11-28(12-10-19)23(17-30)21-8-7-18-4-1-2-5-20(18)14-21/h1-2,4-5,7-8,14-16,19,23,29-30H,3,6,9-13,17H2. The summed E-state index contributed by atoms with van der Waals surface area (Å²) in [5.41, 5.74) is 1.65. The lowest BCUT2D eigenvalue weighted by atomic mass is 9.93. The van der Waals surface area contributed by atoms with Crippen LogP contribution >= 0.6 is 0 Å². The highest BCUT2D eigenvalue weighted by atomic mass is 16.3. The fraction of sp³-hybridized carbons (Fsp3) is 0.400. The van der Waals surface area contributed by atoms with Crippen molar-refractivity contribution in [2.75, 3.05) is 26.3 Å². The first-order valence-electron chi connectivity index (χ1n) is 11.0. The number of aliphatic hydroxyl groups is 2. The lowest BCUT2D eigenvalue weighted by Gasteiger charge is -2.36. The summed E-state index contributed by atoms with van der Waals surface area (Å²) >= 11 is 0. The Morgan fingerprint density at radius 1 is 1.03 bits per heavy atom. The van der Waals surface area contributed by atoms with E-state index in [4.69, 9.17) is 5.11 Å². The van der Waals surface area contributed by atoms with Crippen LogP contribution in [0.15, 0.2) is 54.9 Å². The number of fused-ring (bicyclic) bond motifs is 1. The second kappa shape index (κ2) is 10.1. The van der Waals surface area contributed by atoms with Crippen LogP contribution in [0.4, 0.5) is 0 Å². The van der Waals surface area contributed by atoms with Gasteiger partial charge in [-0.25, -0.2) is 9.97 Å². The highest BCUT2D eigenvalue weighted by Crippen LogP contribution is 2.31. The highest BCUT2D eigenvalue weighted by Gasteiger charge is 2.28. The van der Waals surface area contributed by atoms with Crippen LogP contribution in [0.25, 0.3) is 10.8 Å². The third-order valence-electron chi connectivity index (χ3n) is 6.22. The lowest BCUT2D eigenvalue weighted by molar-refractivity contribution is 0.0965. The van der Waals surface area contributed by atoms with Crippen molar-refractivity contribution < 1.29 is 15.0 Å². The van der Waals surface area contributed by atoms with Crippen molar-refractivity contribution in [2.45, 2.75) is 37.6 Å². The Kier molecular flexibility index (Phi) is 7.02. The minimum atomic E-state index is -0.0309. The molecule has 2 heterocycles. The molecule has 1 aromatic heterocycles. The van der Waals surface area contributed by atoms with Gasteiger partial charge in [0, 0.05) is 31.3 Å². The number of hydrogen-bond donors (Lipinski definition) is 2. The van der Waals surface area contributed by atoms with Gasteiger partial charge in [-0.3, -0.25) is 9.69 Å². The van der Waals surface area contributed by atoms with Crippen molar-refractivity contribution >= 4 is 16.6 Å². The minimum Gasteiger partial charge on any atom is -0.396 e. The van der Waals surface area contributed by atoms with Crippen LogP contribution < -0.4 is 0 Å². The second-order valence-corrected chi connectivity index (χ2v) is 8.20. The molecule has 31 heavy (non-hydrogen) atoms. The van der Waals surface area contributed by atoms with E-state index in [0.717, 1.165) is 37.3 Å². The number of carbonyl (C=O) groups excluding carboxylic acids is 1. The van der Waals surface area contributed by atoms with Gasteiger partial charge >= 0.3 is 0 Å². The Hall–Kier alpha value is -2.67. The molecule has 0 amide bonds. The lowest BCUT2D eigenvalue weighted by Crippen LogP contribution is -2.38. The number of aliphatic hydroxyl groups excluding tert-OH is 2. The summed E-state index contributed by atoms with van der Waals surface area (Å²) in [5.74, 6) is 1.01. The highest BCUT2D eigenvalue weighted by molar-refractivity contribution is 5.95. The maximum absolute atomic E-state index is 12.0. The zero-order valence-corrected chi connectivity index (χ0v) is 17.7. The van der Waals surface area contributed by atoms with Crippen molar-refractivity contribution in [3.8, 4) is 0 Å². The minimum absolute atomic E-state index is 0.0112. The zero-order valence-electron chi connectivity index (χ0n) is 17.7. The molecule has 2 aromatic carbocycles. The van der Waals surface area contributed by atoms with E-state index in [0.29, 0.717) is 18.4 Å². The molecule has 4 rings (SSSR count). The summed E-state index contributed by atoms with van der Waals surface area (Å²) in [6, 6.07) is 14.7. The van der Waals surface area contributed by atoms with Gasteiger partial charge in [-0.1, -0.05) is 36.4 Å². The van der Waals surface area contributed by atoms with Gasteiger partial charge in [-0.05, 0) is 54.8 Å². The monoisotopic (exact) mass is 419 g/mol. The van der Waals surface area contributed by atoms with Crippen LogP contribution in [0, 0.1) is 0 Å². The molecular formula is C25H29N3O3. The number of rotatable bonds is 8. The van der Waals surface area contributed by atoms with Gasteiger partial charge in [0.15, 0.2) is 5.78 Å². The molecule has 1 aliphatic heterocycles. The Labute approximate surface area is 182 Å². The van der Waals surface area contributed by atoms with Crippen LogP contribution in [-0.4, -0.2) is 57.2 Å². The summed E-state index contributed by atoms with van der Waals surface area (Å²) in [5, 5.41) is 21.4. The topological polar surface area (TPSA) is 86.5 Å². The fourth-order valence-electron chi connectivity index (χ4n) is 4.39. The fourth-order valence-corrected chi connectivity index (χ4v) is 4.39. The van der Waals surface area contributed by atoms with E-state index in [-0.39, 0.29) is 31.0 Å². The van der Waals surface area contributed by atoms with Crippen molar-refractivity contribution in [1.29, 1.82) is 0 Å². The molecule has 0 bridgehead atoms. The van der Waals surface area contributed by atoms with E-state index in [1.54, 1.807) is 12.4 Å². The van der Waals surface area contributed by atoms with Gasteiger partial charge in [0.1, 0.15) is 5.82 Å². The van der Waals surface area contributed by atoms with E-state index in [1.807, 2.05) is 12.1 Å². The molecule has 1 saturated heterocycles. The first kappa shape index (κ1) is 21.6. The molecule has 0 saturated carbocycles. The van der Waals surface area contributed by atoms with Gasteiger partial charge in [-0.2, -0.15) is 0 Å². The summed E-state index contributed by atoms with van der Waals surface area (Å²) in [6.45, 7) is 1.83. The largest absolute Gasteiger partial charge is 0.396 e. The SMILES string of the molecule is O=C(CCCO)c1cnc(C2CCN(C(CO)c3ccc4ccccc4c3)CC2)nc1. The van der Waals surface area contributed by atoms with Crippen molar-refractivity contribution in [3.63, 3.8) is 0 Å². The molecule has 6 nitrogen and oxygen atoms in total. The molecule has 1 atom stereocenters. The third-order valence-corrected chi connectivity index (χ3v) is 6.22. The average molecular weight is 420 g/mol. The molecule has 0 spiro atoms. The van der Waals surface area contributed by atoms with Crippen molar-refractivity contribution in [1.82, 2.24) is 14.9 Å². The number of Topliss-reactive ketones (excluding diaryl/α,β-unsaturated/α-hetero) is 1. The smallest absolute Gasteiger partial charge is 0.166 e. The van der Waals surface area contributed by atoms with Gasteiger partial charge in [0.05, 0.1) is 18.2 Å². The van der Waals surface area contributed by atoms with Gasteiger partial charge in [0.25, 0.3) is 0 Å². The molecule has 2 N–H and O–H groups in total. The summed E-state index contributed by atoms with van der Waals surface area (Å²) < 4.78 is 0. The van der Waals surface area contributed by atoms with Crippen LogP contribution in [0.2, 0.25) is 0 Å². The Bertz CT molecular complexity index is 1010. The zero-order chi connectivity index (χ0) is 21.6.